The molecule has 0 radical (unpaired) electrons. The molecule has 5 N–H and O–H groups in total. The van der Waals surface area contributed by atoms with Crippen LogP contribution in [-0.2, 0) is 15.7 Å². The van der Waals surface area contributed by atoms with Crippen molar-refractivity contribution in [3.63, 3.8) is 0 Å². The van der Waals surface area contributed by atoms with E-state index in [0.29, 0.717) is 18.5 Å². The number of aryl methyl sites for hydroxylation is 1. The zero-order valence-corrected chi connectivity index (χ0v) is 16.3. The zero-order valence-electron chi connectivity index (χ0n) is 16.3. The first-order valence-corrected chi connectivity index (χ1v) is 8.94. The van der Waals surface area contributed by atoms with Gasteiger partial charge in [-0.15, -0.1) is 0 Å². The molecule has 2 heterocycles. The summed E-state index contributed by atoms with van der Waals surface area (Å²) in [7, 11) is 1.28. The summed E-state index contributed by atoms with van der Waals surface area (Å²) in [4.78, 5) is 20.1. The molecule has 8 nitrogen and oxygen atoms in total. The number of hydrogen-bond acceptors (Lipinski definition) is 8. The van der Waals surface area contributed by atoms with Gasteiger partial charge in [-0.2, -0.15) is 13.2 Å². The lowest BCUT2D eigenvalue weighted by atomic mass is 10.2. The quantitative estimate of drug-likeness (QED) is 0.369. The highest BCUT2D eigenvalue weighted by Gasteiger charge is 2.55. The summed E-state index contributed by atoms with van der Waals surface area (Å²) in [5.74, 6) is 5.79. The molecule has 0 aliphatic heterocycles. The lowest BCUT2D eigenvalue weighted by molar-refractivity contribution is -0.147. The minimum absolute atomic E-state index is 0.0144. The number of rotatable bonds is 6. The fourth-order valence-corrected chi connectivity index (χ4v) is 2.90. The summed E-state index contributed by atoms with van der Waals surface area (Å²) in [6.45, 7) is 1.78. The first-order chi connectivity index (χ1) is 14.0. The standard InChI is InChI=1S/C19H21F3N6O2/c1-11-7-14(13(23)10-28(24)18(4-5-18)17(29)30-2)26-16(8-11)27-15-9-12(3-6-25-15)19(20,21)22/h3,6-10H,4-5,23-24H2,1-2H3,(H,25,26,27)/b13-10-. The predicted octanol–water partition coefficient (Wildman–Crippen LogP) is 2.69. The Morgan fingerprint density at radius 1 is 1.30 bits per heavy atom. The number of halogens is 3. The van der Waals surface area contributed by atoms with E-state index < -0.39 is 23.2 Å². The van der Waals surface area contributed by atoms with E-state index in [9.17, 15) is 18.0 Å². The van der Waals surface area contributed by atoms with Crippen LogP contribution in [0, 0.1) is 6.92 Å². The van der Waals surface area contributed by atoms with E-state index in [4.69, 9.17) is 16.3 Å². The van der Waals surface area contributed by atoms with Gasteiger partial charge >= 0.3 is 12.1 Å². The van der Waals surface area contributed by atoms with Crippen molar-refractivity contribution in [1.82, 2.24) is 15.0 Å². The number of methoxy groups -OCH3 is 1. The molecule has 0 bridgehead atoms. The molecule has 11 heteroatoms. The minimum atomic E-state index is -4.49. The molecular weight excluding hydrogens is 401 g/mol. The largest absolute Gasteiger partial charge is 0.467 e. The van der Waals surface area contributed by atoms with E-state index in [2.05, 4.69) is 15.3 Å². The number of nitrogens with one attached hydrogen (secondary N) is 1. The van der Waals surface area contributed by atoms with Crippen LogP contribution in [0.4, 0.5) is 24.8 Å². The smallest absolute Gasteiger partial charge is 0.416 e. The molecule has 3 rings (SSSR count). The van der Waals surface area contributed by atoms with E-state index in [-0.39, 0.29) is 17.3 Å². The summed E-state index contributed by atoms with van der Waals surface area (Å²) in [5.41, 5.74) is 5.60. The Morgan fingerprint density at radius 2 is 2.00 bits per heavy atom. The van der Waals surface area contributed by atoms with Crippen LogP contribution in [0.3, 0.4) is 0 Å². The van der Waals surface area contributed by atoms with E-state index in [1.165, 1.54) is 18.3 Å². The van der Waals surface area contributed by atoms with Crippen molar-refractivity contribution in [3.05, 3.63) is 53.5 Å². The molecule has 0 atom stereocenters. The van der Waals surface area contributed by atoms with Gasteiger partial charge in [0.1, 0.15) is 11.6 Å². The average Bonchev–Trinajstić information content (AvgIpc) is 3.48. The maximum Gasteiger partial charge on any atom is 0.416 e. The average molecular weight is 422 g/mol. The number of pyridine rings is 2. The Hall–Kier alpha value is -3.34. The third-order valence-electron chi connectivity index (χ3n) is 4.67. The second-order valence-corrected chi connectivity index (χ2v) is 6.98. The van der Waals surface area contributed by atoms with Gasteiger partial charge in [-0.05, 0) is 49.6 Å². The highest BCUT2D eigenvalue weighted by Crippen LogP contribution is 2.41. The third kappa shape index (κ3) is 4.46. The number of hydrogen-bond donors (Lipinski definition) is 3. The molecule has 1 aliphatic carbocycles. The highest BCUT2D eigenvalue weighted by molar-refractivity contribution is 5.84. The van der Waals surface area contributed by atoms with Crippen molar-refractivity contribution >= 4 is 23.3 Å². The number of hydrazine groups is 1. The number of anilines is 2. The fourth-order valence-electron chi connectivity index (χ4n) is 2.90. The van der Waals surface area contributed by atoms with Crippen molar-refractivity contribution < 1.29 is 22.7 Å². The molecule has 0 unspecified atom stereocenters. The van der Waals surface area contributed by atoms with Crippen LogP contribution < -0.4 is 16.9 Å². The molecule has 1 saturated carbocycles. The summed E-state index contributed by atoms with van der Waals surface area (Å²) in [6, 6.07) is 5.08. The molecular formula is C19H21F3N6O2. The van der Waals surface area contributed by atoms with Gasteiger partial charge in [-0.1, -0.05) is 0 Å². The van der Waals surface area contributed by atoms with Gasteiger partial charge in [0.15, 0.2) is 5.54 Å². The van der Waals surface area contributed by atoms with Gasteiger partial charge in [0.05, 0.1) is 24.1 Å². The maximum atomic E-state index is 12.9. The topological polar surface area (TPSA) is 119 Å². The summed E-state index contributed by atoms with van der Waals surface area (Å²) in [5, 5.41) is 3.96. The Morgan fingerprint density at radius 3 is 2.60 bits per heavy atom. The van der Waals surface area contributed by atoms with Gasteiger partial charge in [-0.3, -0.25) is 5.01 Å². The molecule has 2 aromatic heterocycles. The van der Waals surface area contributed by atoms with Gasteiger partial charge in [-0.25, -0.2) is 20.6 Å². The molecule has 2 aromatic rings. The second kappa shape index (κ2) is 7.82. The van der Waals surface area contributed by atoms with Crippen LogP contribution in [0.15, 0.2) is 36.7 Å². The first-order valence-electron chi connectivity index (χ1n) is 8.94. The predicted molar refractivity (Wildman–Crippen MR) is 104 cm³/mol. The number of esters is 1. The van der Waals surface area contributed by atoms with Crippen LogP contribution in [0.25, 0.3) is 5.70 Å². The first kappa shape index (κ1) is 21.4. The van der Waals surface area contributed by atoms with E-state index >= 15 is 0 Å². The number of nitrogens with two attached hydrogens (primary N) is 2. The zero-order chi connectivity index (χ0) is 22.1. The lowest BCUT2D eigenvalue weighted by Crippen LogP contribution is -2.45. The number of carbonyl (C=O) groups excluding carboxylic acids is 1. The second-order valence-electron chi connectivity index (χ2n) is 6.98. The maximum absolute atomic E-state index is 12.9. The number of aromatic nitrogens is 2. The molecule has 1 fully saturated rings. The number of nitrogens with zero attached hydrogens (tertiary/aromatic N) is 3. The van der Waals surface area contributed by atoms with E-state index in [1.807, 2.05) is 0 Å². The molecule has 0 amide bonds. The van der Waals surface area contributed by atoms with Gasteiger partial charge in [0.2, 0.25) is 0 Å². The van der Waals surface area contributed by atoms with Crippen LogP contribution in [0.5, 0.6) is 0 Å². The van der Waals surface area contributed by atoms with Crippen molar-refractivity contribution in [3.8, 4) is 0 Å². The van der Waals surface area contributed by atoms with Crippen LogP contribution in [0.1, 0.15) is 29.7 Å². The lowest BCUT2D eigenvalue weighted by Gasteiger charge is -2.24. The van der Waals surface area contributed by atoms with Crippen molar-refractivity contribution in [2.75, 3.05) is 12.4 Å². The Balaban J connectivity index is 1.84. The highest BCUT2D eigenvalue weighted by atomic mass is 19.4. The van der Waals surface area contributed by atoms with Crippen LogP contribution >= 0.6 is 0 Å². The van der Waals surface area contributed by atoms with E-state index in [1.54, 1.807) is 19.1 Å². The van der Waals surface area contributed by atoms with Crippen molar-refractivity contribution in [2.45, 2.75) is 31.5 Å². The Kier molecular flexibility index (Phi) is 5.57. The monoisotopic (exact) mass is 422 g/mol. The summed E-state index contributed by atoms with van der Waals surface area (Å²) < 4.78 is 43.5. The van der Waals surface area contributed by atoms with Gasteiger partial charge in [0, 0.05) is 12.4 Å². The Bertz CT molecular complexity index is 988. The minimum Gasteiger partial charge on any atom is -0.467 e. The van der Waals surface area contributed by atoms with Crippen LogP contribution in [0.2, 0.25) is 0 Å². The SMILES string of the molecule is COC(=O)C1(N(N)/C=C(\N)c2cc(C)cc(Nc3cc(C(F)(F)F)ccn3)n2)CC1. The molecule has 0 spiro atoms. The van der Waals surface area contributed by atoms with E-state index in [0.717, 1.165) is 23.9 Å². The summed E-state index contributed by atoms with van der Waals surface area (Å²) in [6.07, 6.45) is -0.965. The Labute approximate surface area is 170 Å². The van der Waals surface area contributed by atoms with Crippen molar-refractivity contribution in [2.24, 2.45) is 11.6 Å². The normalized spacial score (nSPS) is 15.5. The fraction of sp³-hybridized carbons (Fsp3) is 0.316. The third-order valence-corrected chi connectivity index (χ3v) is 4.67. The summed E-state index contributed by atoms with van der Waals surface area (Å²) >= 11 is 0. The molecule has 160 valence electrons. The number of ether oxygens (including phenoxy) is 1. The molecule has 0 aromatic carbocycles. The van der Waals surface area contributed by atoms with Crippen molar-refractivity contribution in [1.29, 1.82) is 0 Å². The van der Waals surface area contributed by atoms with Crippen LogP contribution in [-0.4, -0.2) is 33.6 Å². The molecule has 0 saturated heterocycles. The molecule has 30 heavy (non-hydrogen) atoms. The van der Waals surface area contributed by atoms with Gasteiger partial charge in [0.25, 0.3) is 0 Å². The molecule has 1 aliphatic rings. The number of alkyl halides is 3. The van der Waals surface area contributed by atoms with Gasteiger partial charge < -0.3 is 15.8 Å². The number of carbonyl (C=O) groups is 1.